The average molecular weight is 558 g/mol. The van der Waals surface area contributed by atoms with Crippen LogP contribution in [-0.2, 0) is 14.8 Å². The number of amides is 1. The van der Waals surface area contributed by atoms with Crippen molar-refractivity contribution in [3.05, 3.63) is 40.5 Å². The molecule has 2 aromatic rings. The summed E-state index contributed by atoms with van der Waals surface area (Å²) in [4.78, 5) is 25.0. The molecule has 0 unspecified atom stereocenters. The van der Waals surface area contributed by atoms with Crippen molar-refractivity contribution in [2.75, 3.05) is 45.2 Å². The molecule has 13 heteroatoms. The van der Waals surface area contributed by atoms with Crippen LogP contribution in [0.5, 0.6) is 6.01 Å². The fraction of sp³-hybridized carbons (Fsp3) is 0.522. The first-order valence-electron chi connectivity index (χ1n) is 11.7. The number of sulfonamides is 1. The van der Waals surface area contributed by atoms with Crippen LogP contribution in [-0.4, -0.2) is 86.2 Å². The van der Waals surface area contributed by atoms with E-state index in [1.807, 2.05) is 6.07 Å². The molecule has 2 aliphatic heterocycles. The predicted molar refractivity (Wildman–Crippen MR) is 136 cm³/mol. The van der Waals surface area contributed by atoms with Crippen molar-refractivity contribution in [2.45, 2.75) is 42.7 Å². The lowest BCUT2D eigenvalue weighted by molar-refractivity contribution is 0.0349. The third-order valence-corrected chi connectivity index (χ3v) is 9.22. The van der Waals surface area contributed by atoms with Crippen LogP contribution in [0, 0.1) is 0 Å². The van der Waals surface area contributed by atoms with Crippen molar-refractivity contribution >= 4 is 45.1 Å². The molecule has 0 bridgehead atoms. The fourth-order valence-corrected chi connectivity index (χ4v) is 6.69. The van der Waals surface area contributed by atoms with Gasteiger partial charge in [0.2, 0.25) is 10.0 Å². The first kappa shape index (κ1) is 26.7. The summed E-state index contributed by atoms with van der Waals surface area (Å²) in [5.41, 5.74) is 0. The standard InChI is InChI=1S/C23H29Cl2N5O5S/c1-28(17-6-11-29(12-7-17)21-5-10-26-22(27-21)34-2)23(31)35-18-8-13-30(14-9-18)36(32,33)20-4-3-16(24)15-19(20)25/h3-5,10,15,17-18H,6-9,11-14H2,1-2H3. The number of carbonyl (C=O) groups excluding carboxylic acids is 1. The largest absolute Gasteiger partial charge is 0.467 e. The van der Waals surface area contributed by atoms with E-state index in [1.54, 1.807) is 18.1 Å². The van der Waals surface area contributed by atoms with Gasteiger partial charge in [-0.3, -0.25) is 0 Å². The summed E-state index contributed by atoms with van der Waals surface area (Å²) in [6, 6.07) is 6.53. The maximum absolute atomic E-state index is 13.0. The Hall–Kier alpha value is -2.34. The zero-order valence-electron chi connectivity index (χ0n) is 20.1. The number of benzene rings is 1. The maximum Gasteiger partial charge on any atom is 0.410 e. The van der Waals surface area contributed by atoms with E-state index in [4.69, 9.17) is 32.7 Å². The fourth-order valence-electron chi connectivity index (χ4n) is 4.48. The molecule has 0 atom stereocenters. The van der Waals surface area contributed by atoms with E-state index in [1.165, 1.54) is 29.6 Å². The van der Waals surface area contributed by atoms with Gasteiger partial charge in [-0.05, 0) is 49.9 Å². The molecule has 196 valence electrons. The molecule has 2 fully saturated rings. The molecule has 1 aromatic heterocycles. The minimum atomic E-state index is -3.76. The summed E-state index contributed by atoms with van der Waals surface area (Å²) in [7, 11) is -0.477. The molecule has 0 spiro atoms. The summed E-state index contributed by atoms with van der Waals surface area (Å²) in [6.07, 6.45) is 3.31. The summed E-state index contributed by atoms with van der Waals surface area (Å²) >= 11 is 12.0. The number of hydrogen-bond donors (Lipinski definition) is 0. The van der Waals surface area contributed by atoms with Gasteiger partial charge in [-0.15, -0.1) is 0 Å². The molecule has 2 aliphatic rings. The van der Waals surface area contributed by atoms with Gasteiger partial charge in [-0.25, -0.2) is 18.2 Å². The molecular weight excluding hydrogens is 529 g/mol. The summed E-state index contributed by atoms with van der Waals surface area (Å²) in [5, 5.41) is 0.455. The van der Waals surface area contributed by atoms with Crippen molar-refractivity contribution in [1.29, 1.82) is 0 Å². The number of carbonyl (C=O) groups is 1. The monoisotopic (exact) mass is 557 g/mol. The number of piperidine rings is 2. The Kier molecular flexibility index (Phi) is 8.44. The van der Waals surface area contributed by atoms with E-state index in [2.05, 4.69) is 14.9 Å². The molecule has 2 saturated heterocycles. The Labute approximate surface area is 221 Å². The van der Waals surface area contributed by atoms with Gasteiger partial charge in [0.1, 0.15) is 16.8 Å². The number of halogens is 2. The Bertz CT molecular complexity index is 1190. The van der Waals surface area contributed by atoms with Gasteiger partial charge >= 0.3 is 12.1 Å². The Morgan fingerprint density at radius 3 is 2.42 bits per heavy atom. The van der Waals surface area contributed by atoms with Crippen LogP contribution in [0.4, 0.5) is 10.6 Å². The molecule has 10 nitrogen and oxygen atoms in total. The second kappa shape index (κ2) is 11.4. The highest BCUT2D eigenvalue weighted by atomic mass is 35.5. The van der Waals surface area contributed by atoms with Crippen molar-refractivity contribution in [3.8, 4) is 6.01 Å². The molecule has 4 rings (SSSR count). The topological polar surface area (TPSA) is 105 Å². The highest BCUT2D eigenvalue weighted by molar-refractivity contribution is 7.89. The van der Waals surface area contributed by atoms with E-state index in [9.17, 15) is 13.2 Å². The van der Waals surface area contributed by atoms with Gasteiger partial charge in [-0.1, -0.05) is 23.2 Å². The van der Waals surface area contributed by atoms with Crippen LogP contribution in [0.15, 0.2) is 35.4 Å². The number of ether oxygens (including phenoxy) is 2. The van der Waals surface area contributed by atoms with Gasteiger partial charge in [0.25, 0.3) is 0 Å². The second-order valence-electron chi connectivity index (χ2n) is 8.79. The number of nitrogens with zero attached hydrogens (tertiary/aromatic N) is 5. The average Bonchev–Trinajstić information content (AvgIpc) is 2.88. The summed E-state index contributed by atoms with van der Waals surface area (Å²) in [6.45, 7) is 1.96. The van der Waals surface area contributed by atoms with E-state index in [0.717, 1.165) is 31.7 Å². The second-order valence-corrected chi connectivity index (χ2v) is 11.5. The normalized spacial score (nSPS) is 18.2. The highest BCUT2D eigenvalue weighted by Gasteiger charge is 2.34. The zero-order chi connectivity index (χ0) is 25.9. The highest BCUT2D eigenvalue weighted by Crippen LogP contribution is 2.30. The SMILES string of the molecule is COc1nccc(N2CCC(N(C)C(=O)OC3CCN(S(=O)(=O)c4ccc(Cl)cc4Cl)CC3)CC2)n1. The van der Waals surface area contributed by atoms with Crippen molar-refractivity contribution in [3.63, 3.8) is 0 Å². The minimum absolute atomic E-state index is 0.0236. The molecule has 1 amide bonds. The van der Waals surface area contributed by atoms with Gasteiger partial charge in [0.15, 0.2) is 0 Å². The summed E-state index contributed by atoms with van der Waals surface area (Å²) in [5.74, 6) is 0.798. The molecule has 36 heavy (non-hydrogen) atoms. The molecule has 3 heterocycles. The summed E-state index contributed by atoms with van der Waals surface area (Å²) < 4.78 is 38.2. The molecule has 0 radical (unpaired) electrons. The third kappa shape index (κ3) is 5.96. The number of aromatic nitrogens is 2. The molecule has 0 N–H and O–H groups in total. The van der Waals surface area contributed by atoms with E-state index in [0.29, 0.717) is 23.9 Å². The van der Waals surface area contributed by atoms with Gasteiger partial charge in [-0.2, -0.15) is 9.29 Å². The number of anilines is 1. The minimum Gasteiger partial charge on any atom is -0.467 e. The quantitative estimate of drug-likeness (QED) is 0.529. The Balaban J connectivity index is 1.26. The van der Waals surface area contributed by atoms with E-state index in [-0.39, 0.29) is 41.2 Å². The van der Waals surface area contributed by atoms with Gasteiger partial charge in [0, 0.05) is 50.5 Å². The first-order chi connectivity index (χ1) is 17.2. The van der Waals surface area contributed by atoms with Gasteiger partial charge in [0.05, 0.1) is 12.1 Å². The molecule has 0 saturated carbocycles. The third-order valence-electron chi connectivity index (χ3n) is 6.61. The number of hydrogen-bond acceptors (Lipinski definition) is 8. The number of methoxy groups -OCH3 is 1. The van der Waals surface area contributed by atoms with Crippen LogP contribution in [0.3, 0.4) is 0 Å². The Morgan fingerprint density at radius 1 is 1.08 bits per heavy atom. The van der Waals surface area contributed by atoms with Crippen LogP contribution >= 0.6 is 23.2 Å². The smallest absolute Gasteiger partial charge is 0.410 e. The van der Waals surface area contributed by atoms with Crippen LogP contribution in [0.25, 0.3) is 0 Å². The van der Waals surface area contributed by atoms with E-state index >= 15 is 0 Å². The maximum atomic E-state index is 13.0. The van der Waals surface area contributed by atoms with E-state index < -0.39 is 10.0 Å². The molecule has 1 aromatic carbocycles. The molecular formula is C23H29Cl2N5O5S. The Morgan fingerprint density at radius 2 is 1.78 bits per heavy atom. The lowest BCUT2D eigenvalue weighted by Crippen LogP contribution is -2.47. The lowest BCUT2D eigenvalue weighted by Gasteiger charge is -2.38. The van der Waals surface area contributed by atoms with Crippen LogP contribution in [0.1, 0.15) is 25.7 Å². The lowest BCUT2D eigenvalue weighted by atomic mass is 10.0. The number of rotatable bonds is 6. The predicted octanol–water partition coefficient (Wildman–Crippen LogP) is 3.68. The van der Waals surface area contributed by atoms with Crippen molar-refractivity contribution in [2.24, 2.45) is 0 Å². The molecule has 0 aliphatic carbocycles. The van der Waals surface area contributed by atoms with Crippen LogP contribution < -0.4 is 9.64 Å². The van der Waals surface area contributed by atoms with Gasteiger partial charge < -0.3 is 19.3 Å². The zero-order valence-corrected chi connectivity index (χ0v) is 22.5. The van der Waals surface area contributed by atoms with Crippen LogP contribution in [0.2, 0.25) is 10.0 Å². The first-order valence-corrected chi connectivity index (χ1v) is 13.9. The van der Waals surface area contributed by atoms with Crippen molar-refractivity contribution in [1.82, 2.24) is 19.2 Å². The van der Waals surface area contributed by atoms with Crippen molar-refractivity contribution < 1.29 is 22.7 Å².